The topological polar surface area (TPSA) is 78.4 Å². The second-order valence-corrected chi connectivity index (χ2v) is 4.32. The van der Waals surface area contributed by atoms with Gasteiger partial charge in [-0.15, -0.1) is 0 Å². The molecule has 1 unspecified atom stereocenters. The zero-order chi connectivity index (χ0) is 13.5. The summed E-state index contributed by atoms with van der Waals surface area (Å²) < 4.78 is 0. The number of carboxylic acid groups (broad SMARTS) is 1. The molecule has 0 heterocycles. The largest absolute Gasteiger partial charge is 0.481 e. The Kier molecular flexibility index (Phi) is 5.45. The molecule has 5 nitrogen and oxygen atoms in total. The molecule has 1 aromatic rings. The van der Waals surface area contributed by atoms with Crippen LogP contribution >= 0.6 is 11.6 Å². The van der Waals surface area contributed by atoms with Crippen LogP contribution < -0.4 is 10.6 Å². The third-order valence-corrected chi connectivity index (χ3v) is 2.62. The fraction of sp³-hybridized carbons (Fsp3) is 0.333. The van der Waals surface area contributed by atoms with Crippen molar-refractivity contribution in [2.24, 2.45) is 0 Å². The Balaban J connectivity index is 2.38. The molecule has 98 valence electrons. The van der Waals surface area contributed by atoms with Gasteiger partial charge in [-0.2, -0.15) is 0 Å². The lowest BCUT2D eigenvalue weighted by molar-refractivity contribution is -0.137. The molecule has 0 aliphatic carbocycles. The third kappa shape index (κ3) is 5.05. The van der Waals surface area contributed by atoms with Crippen molar-refractivity contribution in [3.63, 3.8) is 0 Å². The van der Waals surface area contributed by atoms with E-state index in [1.54, 1.807) is 19.1 Å². The summed E-state index contributed by atoms with van der Waals surface area (Å²) in [6.07, 6.45) is -0.112. The number of amides is 2. The molecule has 0 saturated carbocycles. The fourth-order valence-electron chi connectivity index (χ4n) is 1.41. The van der Waals surface area contributed by atoms with E-state index in [1.807, 2.05) is 12.1 Å². The molecule has 1 atom stereocenters. The van der Waals surface area contributed by atoms with Gasteiger partial charge in [0.1, 0.15) is 0 Å². The van der Waals surface area contributed by atoms with Gasteiger partial charge < -0.3 is 15.7 Å². The SMILES string of the molecule is CC(CC(=O)O)NC(=O)NCc1ccccc1Cl. The van der Waals surface area contributed by atoms with Gasteiger partial charge in [0.2, 0.25) is 0 Å². The maximum absolute atomic E-state index is 11.5. The average Bonchev–Trinajstić information content (AvgIpc) is 2.26. The van der Waals surface area contributed by atoms with Crippen LogP contribution in [-0.2, 0) is 11.3 Å². The van der Waals surface area contributed by atoms with Crippen LogP contribution in [0.25, 0.3) is 0 Å². The molecule has 0 aromatic heterocycles. The molecule has 1 aromatic carbocycles. The van der Waals surface area contributed by atoms with Crippen molar-refractivity contribution in [1.29, 1.82) is 0 Å². The van der Waals surface area contributed by atoms with Crippen molar-refractivity contribution < 1.29 is 14.7 Å². The summed E-state index contributed by atoms with van der Waals surface area (Å²) in [5.41, 5.74) is 0.806. The summed E-state index contributed by atoms with van der Waals surface area (Å²) in [7, 11) is 0. The number of hydrogen-bond donors (Lipinski definition) is 3. The highest BCUT2D eigenvalue weighted by molar-refractivity contribution is 6.31. The molecule has 6 heteroatoms. The molecule has 0 bridgehead atoms. The van der Waals surface area contributed by atoms with Gasteiger partial charge in [-0.05, 0) is 18.6 Å². The average molecular weight is 271 g/mol. The van der Waals surface area contributed by atoms with E-state index >= 15 is 0 Å². The van der Waals surface area contributed by atoms with E-state index in [2.05, 4.69) is 10.6 Å². The number of halogens is 1. The van der Waals surface area contributed by atoms with Crippen LogP contribution in [0, 0.1) is 0 Å². The zero-order valence-electron chi connectivity index (χ0n) is 9.94. The van der Waals surface area contributed by atoms with Crippen molar-refractivity contribution in [2.45, 2.75) is 25.9 Å². The summed E-state index contributed by atoms with van der Waals surface area (Å²) in [6.45, 7) is 1.93. The van der Waals surface area contributed by atoms with E-state index < -0.39 is 18.0 Å². The van der Waals surface area contributed by atoms with Gasteiger partial charge >= 0.3 is 12.0 Å². The lowest BCUT2D eigenvalue weighted by Gasteiger charge is -2.13. The second-order valence-electron chi connectivity index (χ2n) is 3.92. The highest BCUT2D eigenvalue weighted by Gasteiger charge is 2.10. The van der Waals surface area contributed by atoms with E-state index in [0.717, 1.165) is 5.56 Å². The zero-order valence-corrected chi connectivity index (χ0v) is 10.7. The highest BCUT2D eigenvalue weighted by Crippen LogP contribution is 2.14. The van der Waals surface area contributed by atoms with Crippen LogP contribution in [0.1, 0.15) is 18.9 Å². The number of hydrogen-bond acceptors (Lipinski definition) is 2. The van der Waals surface area contributed by atoms with Gasteiger partial charge in [0.05, 0.1) is 6.42 Å². The number of aliphatic carboxylic acids is 1. The lowest BCUT2D eigenvalue weighted by atomic mass is 10.2. The Labute approximate surface area is 110 Å². The number of rotatable bonds is 5. The van der Waals surface area contributed by atoms with Crippen LogP contribution in [0.15, 0.2) is 24.3 Å². The number of carbonyl (C=O) groups excluding carboxylic acids is 1. The van der Waals surface area contributed by atoms with Crippen LogP contribution in [0.2, 0.25) is 5.02 Å². The van der Waals surface area contributed by atoms with Gasteiger partial charge in [0.15, 0.2) is 0 Å². The first-order valence-electron chi connectivity index (χ1n) is 5.48. The maximum atomic E-state index is 11.5. The molecule has 18 heavy (non-hydrogen) atoms. The van der Waals surface area contributed by atoms with E-state index in [4.69, 9.17) is 16.7 Å². The third-order valence-electron chi connectivity index (χ3n) is 2.26. The maximum Gasteiger partial charge on any atom is 0.315 e. The van der Waals surface area contributed by atoms with Gasteiger partial charge in [-0.25, -0.2) is 4.79 Å². The predicted octanol–water partition coefficient (Wildman–Crippen LogP) is 2.00. The van der Waals surface area contributed by atoms with Crippen molar-refractivity contribution in [3.05, 3.63) is 34.9 Å². The van der Waals surface area contributed by atoms with Crippen molar-refractivity contribution in [3.8, 4) is 0 Å². The first-order valence-corrected chi connectivity index (χ1v) is 5.86. The minimum Gasteiger partial charge on any atom is -0.481 e. The predicted molar refractivity (Wildman–Crippen MR) is 68.5 cm³/mol. The Bertz CT molecular complexity index is 437. The summed E-state index contributed by atoms with van der Waals surface area (Å²) in [4.78, 5) is 21.9. The van der Waals surface area contributed by atoms with Crippen LogP contribution in [0.4, 0.5) is 4.79 Å². The van der Waals surface area contributed by atoms with E-state index in [9.17, 15) is 9.59 Å². The molecular weight excluding hydrogens is 256 g/mol. The monoisotopic (exact) mass is 270 g/mol. The van der Waals surface area contributed by atoms with Gasteiger partial charge in [0.25, 0.3) is 0 Å². The van der Waals surface area contributed by atoms with Crippen molar-refractivity contribution in [1.82, 2.24) is 10.6 Å². The Hall–Kier alpha value is -1.75. The smallest absolute Gasteiger partial charge is 0.315 e. The summed E-state index contributed by atoms with van der Waals surface area (Å²) >= 11 is 5.93. The quantitative estimate of drug-likeness (QED) is 0.766. The molecule has 2 amide bonds. The first-order chi connectivity index (χ1) is 8.49. The van der Waals surface area contributed by atoms with E-state index in [0.29, 0.717) is 11.6 Å². The molecular formula is C12H15ClN2O3. The van der Waals surface area contributed by atoms with Crippen LogP contribution in [-0.4, -0.2) is 23.1 Å². The standard InChI is InChI=1S/C12H15ClN2O3/c1-8(6-11(16)17)15-12(18)14-7-9-4-2-3-5-10(9)13/h2-5,8H,6-7H2,1H3,(H,16,17)(H2,14,15,18). The van der Waals surface area contributed by atoms with Crippen molar-refractivity contribution >= 4 is 23.6 Å². The Morgan fingerprint density at radius 1 is 1.39 bits per heavy atom. The highest BCUT2D eigenvalue weighted by atomic mass is 35.5. The molecule has 0 aliphatic rings. The van der Waals surface area contributed by atoms with E-state index in [-0.39, 0.29) is 6.42 Å². The number of benzene rings is 1. The Morgan fingerprint density at radius 2 is 2.06 bits per heavy atom. The van der Waals surface area contributed by atoms with E-state index in [1.165, 1.54) is 0 Å². The molecule has 0 fully saturated rings. The molecule has 1 rings (SSSR count). The number of carbonyl (C=O) groups is 2. The van der Waals surface area contributed by atoms with Gasteiger partial charge in [0, 0.05) is 17.6 Å². The summed E-state index contributed by atoms with van der Waals surface area (Å²) in [6, 6.07) is 6.35. The number of carboxylic acids is 1. The minimum atomic E-state index is -0.950. The molecule has 0 radical (unpaired) electrons. The molecule has 0 spiro atoms. The normalized spacial score (nSPS) is 11.7. The second kappa shape index (κ2) is 6.86. The van der Waals surface area contributed by atoms with Crippen LogP contribution in [0.5, 0.6) is 0 Å². The van der Waals surface area contributed by atoms with Crippen LogP contribution in [0.3, 0.4) is 0 Å². The molecule has 0 aliphatic heterocycles. The van der Waals surface area contributed by atoms with Crippen molar-refractivity contribution in [2.75, 3.05) is 0 Å². The lowest BCUT2D eigenvalue weighted by Crippen LogP contribution is -2.41. The summed E-state index contributed by atoms with van der Waals surface area (Å²) in [5, 5.41) is 14.3. The first kappa shape index (κ1) is 14.3. The van der Waals surface area contributed by atoms with Gasteiger partial charge in [-0.1, -0.05) is 29.8 Å². The molecule has 3 N–H and O–H groups in total. The van der Waals surface area contributed by atoms with Gasteiger partial charge in [-0.3, -0.25) is 4.79 Å². The fourth-order valence-corrected chi connectivity index (χ4v) is 1.61. The number of urea groups is 1. The number of nitrogens with one attached hydrogen (secondary N) is 2. The Morgan fingerprint density at radius 3 is 2.67 bits per heavy atom. The minimum absolute atomic E-state index is 0.112. The molecule has 0 saturated heterocycles. The summed E-state index contributed by atoms with van der Waals surface area (Å²) in [5.74, 6) is -0.950.